The Balaban J connectivity index is 1.39. The maximum absolute atomic E-state index is 5.46. The lowest BCUT2D eigenvalue weighted by Crippen LogP contribution is -2.23. The Kier molecular flexibility index (Phi) is 4.00. The van der Waals surface area contributed by atoms with E-state index < -0.39 is 0 Å². The highest BCUT2D eigenvalue weighted by atomic mass is 16.5. The minimum atomic E-state index is 0.310. The van der Waals surface area contributed by atoms with Gasteiger partial charge in [-0.05, 0) is 39.2 Å². The minimum absolute atomic E-state index is 0.310. The molecule has 2 fully saturated rings. The third-order valence-corrected chi connectivity index (χ3v) is 5.23. The van der Waals surface area contributed by atoms with Crippen LogP contribution in [-0.4, -0.2) is 39.5 Å². The van der Waals surface area contributed by atoms with Crippen molar-refractivity contribution in [3.8, 4) is 0 Å². The van der Waals surface area contributed by atoms with Crippen LogP contribution < -0.4 is 5.32 Å². The van der Waals surface area contributed by atoms with E-state index in [0.717, 1.165) is 49.9 Å². The molecule has 0 amide bonds. The van der Waals surface area contributed by atoms with E-state index in [1.165, 1.54) is 18.5 Å². The second kappa shape index (κ2) is 6.16. The topological polar surface area (TPSA) is 64.9 Å². The number of nitrogens with one attached hydrogen (secondary N) is 1. The number of ether oxygens (including phenoxy) is 1. The molecule has 4 rings (SSSR count). The van der Waals surface area contributed by atoms with Crippen molar-refractivity contribution in [2.45, 2.75) is 45.6 Å². The highest BCUT2D eigenvalue weighted by molar-refractivity contribution is 5.36. The van der Waals surface area contributed by atoms with Gasteiger partial charge in [-0.3, -0.25) is 4.68 Å². The molecule has 2 aromatic rings. The Labute approximate surface area is 142 Å². The minimum Gasteiger partial charge on any atom is -0.381 e. The summed E-state index contributed by atoms with van der Waals surface area (Å²) < 4.78 is 7.61. The van der Waals surface area contributed by atoms with E-state index in [-0.39, 0.29) is 0 Å². The van der Waals surface area contributed by atoms with Gasteiger partial charge in [0.25, 0.3) is 0 Å². The monoisotopic (exact) mass is 327 g/mol. The van der Waals surface area contributed by atoms with Crippen LogP contribution in [0, 0.1) is 19.3 Å². The fraction of sp³-hybridized carbons (Fsp3) is 0.611. The molecule has 6 heteroatoms. The van der Waals surface area contributed by atoms with Crippen molar-refractivity contribution in [1.29, 1.82) is 0 Å². The zero-order valence-electron chi connectivity index (χ0n) is 14.5. The highest BCUT2D eigenvalue weighted by Crippen LogP contribution is 2.47. The second-order valence-electron chi connectivity index (χ2n) is 7.33. The molecule has 1 aliphatic heterocycles. The largest absolute Gasteiger partial charge is 0.381 e. The van der Waals surface area contributed by atoms with Gasteiger partial charge in [0.2, 0.25) is 0 Å². The first-order valence-corrected chi connectivity index (χ1v) is 8.78. The van der Waals surface area contributed by atoms with E-state index in [1.807, 2.05) is 0 Å². The van der Waals surface area contributed by atoms with Gasteiger partial charge in [-0.25, -0.2) is 9.97 Å². The Morgan fingerprint density at radius 1 is 1.29 bits per heavy atom. The predicted molar refractivity (Wildman–Crippen MR) is 92.1 cm³/mol. The third kappa shape index (κ3) is 3.29. The first-order valence-electron chi connectivity index (χ1n) is 8.78. The Bertz CT molecular complexity index is 716. The standard InChI is InChI=1S/C18H25N5O/c1-13-7-14(2)23(22-13)11-18(4-5-18)10-19-17-8-16(20-12-21-17)15-3-6-24-9-15/h7-8,12,15H,3-6,9-11H2,1-2H3,(H,19,20,21). The molecular weight excluding hydrogens is 302 g/mol. The van der Waals surface area contributed by atoms with Gasteiger partial charge in [0, 0.05) is 42.8 Å². The van der Waals surface area contributed by atoms with Crippen LogP contribution in [0.15, 0.2) is 18.5 Å². The Morgan fingerprint density at radius 2 is 2.17 bits per heavy atom. The molecule has 3 heterocycles. The highest BCUT2D eigenvalue weighted by Gasteiger charge is 2.43. The molecule has 0 aromatic carbocycles. The van der Waals surface area contributed by atoms with Crippen LogP contribution in [0.3, 0.4) is 0 Å². The van der Waals surface area contributed by atoms with E-state index in [0.29, 0.717) is 11.3 Å². The van der Waals surface area contributed by atoms with Gasteiger partial charge in [-0.15, -0.1) is 0 Å². The molecule has 1 unspecified atom stereocenters. The van der Waals surface area contributed by atoms with Crippen molar-refractivity contribution in [1.82, 2.24) is 19.7 Å². The summed E-state index contributed by atoms with van der Waals surface area (Å²) in [5.41, 5.74) is 3.73. The first kappa shape index (κ1) is 15.6. The summed E-state index contributed by atoms with van der Waals surface area (Å²) in [7, 11) is 0. The molecule has 0 bridgehead atoms. The van der Waals surface area contributed by atoms with Crippen molar-refractivity contribution in [3.05, 3.63) is 35.5 Å². The van der Waals surface area contributed by atoms with Crippen molar-refractivity contribution in [2.24, 2.45) is 5.41 Å². The zero-order chi connectivity index (χ0) is 16.6. The maximum Gasteiger partial charge on any atom is 0.129 e. The SMILES string of the molecule is Cc1cc(C)n(CC2(CNc3cc(C4CCOC4)ncn3)CC2)n1. The Hall–Kier alpha value is -1.95. The summed E-state index contributed by atoms with van der Waals surface area (Å²) >= 11 is 0. The summed E-state index contributed by atoms with van der Waals surface area (Å²) in [5, 5.41) is 8.13. The Morgan fingerprint density at radius 3 is 2.83 bits per heavy atom. The molecule has 128 valence electrons. The van der Waals surface area contributed by atoms with Gasteiger partial charge in [-0.1, -0.05) is 0 Å². The number of rotatable bonds is 6. The van der Waals surface area contributed by atoms with Crippen LogP contribution in [0.1, 0.15) is 42.3 Å². The maximum atomic E-state index is 5.46. The lowest BCUT2D eigenvalue weighted by Gasteiger charge is -2.18. The molecule has 2 aromatic heterocycles. The van der Waals surface area contributed by atoms with Crippen LogP contribution >= 0.6 is 0 Å². The summed E-state index contributed by atoms with van der Waals surface area (Å²) in [5.74, 6) is 1.34. The molecule has 1 saturated carbocycles. The van der Waals surface area contributed by atoms with Crippen LogP contribution in [0.5, 0.6) is 0 Å². The van der Waals surface area contributed by atoms with Crippen molar-refractivity contribution in [3.63, 3.8) is 0 Å². The van der Waals surface area contributed by atoms with Crippen LogP contribution in [0.2, 0.25) is 0 Å². The fourth-order valence-corrected chi connectivity index (χ4v) is 3.46. The fourth-order valence-electron chi connectivity index (χ4n) is 3.46. The molecule has 0 spiro atoms. The van der Waals surface area contributed by atoms with E-state index in [1.54, 1.807) is 6.33 Å². The summed E-state index contributed by atoms with van der Waals surface area (Å²) in [6.07, 6.45) is 5.20. The van der Waals surface area contributed by atoms with Crippen LogP contribution in [0.25, 0.3) is 0 Å². The molecule has 0 radical (unpaired) electrons. The van der Waals surface area contributed by atoms with Crippen molar-refractivity contribution in [2.75, 3.05) is 25.1 Å². The van der Waals surface area contributed by atoms with Crippen molar-refractivity contribution >= 4 is 5.82 Å². The number of hydrogen-bond acceptors (Lipinski definition) is 5. The molecule has 1 N–H and O–H groups in total. The van der Waals surface area contributed by atoms with Crippen molar-refractivity contribution < 1.29 is 4.74 Å². The zero-order valence-corrected chi connectivity index (χ0v) is 14.5. The number of nitrogens with zero attached hydrogens (tertiary/aromatic N) is 4. The molecule has 24 heavy (non-hydrogen) atoms. The van der Waals surface area contributed by atoms with E-state index in [9.17, 15) is 0 Å². The lowest BCUT2D eigenvalue weighted by atomic mass is 10.0. The van der Waals surface area contributed by atoms with Gasteiger partial charge in [-0.2, -0.15) is 5.10 Å². The van der Waals surface area contributed by atoms with Gasteiger partial charge in [0.15, 0.2) is 0 Å². The predicted octanol–water partition coefficient (Wildman–Crippen LogP) is 2.69. The van der Waals surface area contributed by atoms with Gasteiger partial charge < -0.3 is 10.1 Å². The first-order chi connectivity index (χ1) is 11.6. The summed E-state index contributed by atoms with van der Waals surface area (Å²) in [6, 6.07) is 4.22. The number of hydrogen-bond donors (Lipinski definition) is 1. The van der Waals surface area contributed by atoms with Gasteiger partial charge >= 0.3 is 0 Å². The molecule has 2 aliphatic rings. The lowest BCUT2D eigenvalue weighted by molar-refractivity contribution is 0.193. The molecule has 1 saturated heterocycles. The van der Waals surface area contributed by atoms with E-state index >= 15 is 0 Å². The number of anilines is 1. The van der Waals surface area contributed by atoms with Gasteiger partial charge in [0.1, 0.15) is 12.1 Å². The van der Waals surface area contributed by atoms with Gasteiger partial charge in [0.05, 0.1) is 18.0 Å². The molecule has 6 nitrogen and oxygen atoms in total. The average Bonchev–Trinajstić information content (AvgIpc) is 2.98. The number of aromatic nitrogens is 4. The molecular formula is C18H25N5O. The quantitative estimate of drug-likeness (QED) is 0.884. The number of aryl methyl sites for hydroxylation is 2. The second-order valence-corrected chi connectivity index (χ2v) is 7.33. The molecule has 1 aliphatic carbocycles. The average molecular weight is 327 g/mol. The molecule has 1 atom stereocenters. The third-order valence-electron chi connectivity index (χ3n) is 5.23. The summed E-state index contributed by atoms with van der Waals surface area (Å²) in [6.45, 7) is 7.71. The smallest absolute Gasteiger partial charge is 0.129 e. The van der Waals surface area contributed by atoms with E-state index in [4.69, 9.17) is 4.74 Å². The van der Waals surface area contributed by atoms with E-state index in [2.05, 4.69) is 51.0 Å². The normalized spacial score (nSPS) is 21.8. The van der Waals surface area contributed by atoms with Crippen LogP contribution in [0.4, 0.5) is 5.82 Å². The summed E-state index contributed by atoms with van der Waals surface area (Å²) in [4.78, 5) is 8.80. The van der Waals surface area contributed by atoms with Crippen LogP contribution in [-0.2, 0) is 11.3 Å².